The number of carbonyl (C=O) groups excluding carboxylic acids is 1. The van der Waals surface area contributed by atoms with Crippen LogP contribution in [-0.2, 0) is 6.61 Å². The summed E-state index contributed by atoms with van der Waals surface area (Å²) in [7, 11) is 0. The topological polar surface area (TPSA) is 64.4 Å². The molecule has 7 heteroatoms. The van der Waals surface area contributed by atoms with Crippen LogP contribution in [0.25, 0.3) is 0 Å². The standard InChI is InChI=1S/C19H16Cl2N2O3/c1-11-18(12(2)26-23-11)10-25-17-5-3-13(4-6-17)19(24)22-16-8-14(20)7-15(21)9-16/h3-9H,10H2,1-2H3,(H,22,24). The van der Waals surface area contributed by atoms with Crippen molar-refractivity contribution in [2.75, 3.05) is 5.32 Å². The molecule has 2 aromatic carbocycles. The van der Waals surface area contributed by atoms with Crippen molar-refractivity contribution < 1.29 is 14.1 Å². The van der Waals surface area contributed by atoms with E-state index in [4.69, 9.17) is 32.5 Å². The number of hydrogen-bond donors (Lipinski definition) is 1. The fraction of sp³-hybridized carbons (Fsp3) is 0.158. The van der Waals surface area contributed by atoms with Crippen LogP contribution in [0.2, 0.25) is 10.0 Å². The molecule has 0 aliphatic rings. The molecule has 0 saturated heterocycles. The molecule has 1 N–H and O–H groups in total. The van der Waals surface area contributed by atoms with Gasteiger partial charge in [0.2, 0.25) is 0 Å². The number of benzene rings is 2. The van der Waals surface area contributed by atoms with Gasteiger partial charge < -0.3 is 14.6 Å². The lowest BCUT2D eigenvalue weighted by Crippen LogP contribution is -2.11. The average Bonchev–Trinajstić information content (AvgIpc) is 2.91. The number of nitrogens with zero attached hydrogens (tertiary/aromatic N) is 1. The van der Waals surface area contributed by atoms with Crippen molar-refractivity contribution in [1.82, 2.24) is 5.16 Å². The van der Waals surface area contributed by atoms with Crippen LogP contribution in [-0.4, -0.2) is 11.1 Å². The zero-order valence-electron chi connectivity index (χ0n) is 14.2. The van der Waals surface area contributed by atoms with Gasteiger partial charge in [0.25, 0.3) is 5.91 Å². The van der Waals surface area contributed by atoms with Crippen LogP contribution >= 0.6 is 23.2 Å². The Morgan fingerprint density at radius 1 is 1.12 bits per heavy atom. The van der Waals surface area contributed by atoms with Crippen LogP contribution in [0.3, 0.4) is 0 Å². The second-order valence-corrected chi connectivity index (χ2v) is 6.60. The zero-order chi connectivity index (χ0) is 18.7. The molecule has 3 aromatic rings. The predicted octanol–water partition coefficient (Wildman–Crippen LogP) is 5.43. The molecule has 0 aliphatic heterocycles. The molecule has 0 aliphatic carbocycles. The van der Waals surface area contributed by atoms with E-state index in [2.05, 4.69) is 10.5 Å². The van der Waals surface area contributed by atoms with Crippen LogP contribution in [0, 0.1) is 13.8 Å². The maximum atomic E-state index is 12.3. The highest BCUT2D eigenvalue weighted by atomic mass is 35.5. The Morgan fingerprint density at radius 3 is 2.35 bits per heavy atom. The van der Waals surface area contributed by atoms with Crippen LogP contribution in [0.1, 0.15) is 27.4 Å². The molecule has 0 bridgehead atoms. The van der Waals surface area contributed by atoms with E-state index in [1.54, 1.807) is 42.5 Å². The van der Waals surface area contributed by atoms with E-state index in [1.165, 1.54) is 0 Å². The number of hydrogen-bond acceptors (Lipinski definition) is 4. The molecule has 1 aromatic heterocycles. The molecule has 1 heterocycles. The van der Waals surface area contributed by atoms with Gasteiger partial charge in [0, 0.05) is 21.3 Å². The second-order valence-electron chi connectivity index (χ2n) is 5.73. The van der Waals surface area contributed by atoms with Gasteiger partial charge in [-0.2, -0.15) is 0 Å². The average molecular weight is 391 g/mol. The number of aromatic nitrogens is 1. The molecule has 26 heavy (non-hydrogen) atoms. The van der Waals surface area contributed by atoms with E-state index in [1.807, 2.05) is 13.8 Å². The quantitative estimate of drug-likeness (QED) is 0.630. The number of nitrogens with one attached hydrogen (secondary N) is 1. The summed E-state index contributed by atoms with van der Waals surface area (Å²) < 4.78 is 10.8. The van der Waals surface area contributed by atoms with Crippen molar-refractivity contribution in [3.8, 4) is 5.75 Å². The zero-order valence-corrected chi connectivity index (χ0v) is 15.7. The molecule has 5 nitrogen and oxygen atoms in total. The van der Waals surface area contributed by atoms with Crippen molar-refractivity contribution in [1.29, 1.82) is 0 Å². The molecule has 1 amide bonds. The molecular weight excluding hydrogens is 375 g/mol. The third-order valence-corrected chi connectivity index (χ3v) is 4.24. The largest absolute Gasteiger partial charge is 0.489 e. The number of anilines is 1. The number of carbonyl (C=O) groups is 1. The van der Waals surface area contributed by atoms with Crippen molar-refractivity contribution in [3.05, 3.63) is 75.1 Å². The number of ether oxygens (including phenoxy) is 1. The fourth-order valence-corrected chi connectivity index (χ4v) is 2.92. The van der Waals surface area contributed by atoms with Crippen LogP contribution < -0.4 is 10.1 Å². The van der Waals surface area contributed by atoms with Crippen LogP contribution in [0.5, 0.6) is 5.75 Å². The van der Waals surface area contributed by atoms with Gasteiger partial charge in [0.15, 0.2) is 0 Å². The van der Waals surface area contributed by atoms with Crippen molar-refractivity contribution in [2.24, 2.45) is 0 Å². The molecule has 134 valence electrons. The minimum atomic E-state index is -0.263. The van der Waals surface area contributed by atoms with Gasteiger partial charge >= 0.3 is 0 Å². The number of rotatable bonds is 5. The molecular formula is C19H16Cl2N2O3. The molecule has 0 spiro atoms. The number of aryl methyl sites for hydroxylation is 2. The lowest BCUT2D eigenvalue weighted by molar-refractivity contribution is 0.102. The van der Waals surface area contributed by atoms with Crippen LogP contribution in [0.15, 0.2) is 47.0 Å². The Balaban J connectivity index is 1.64. The minimum Gasteiger partial charge on any atom is -0.489 e. The summed E-state index contributed by atoms with van der Waals surface area (Å²) in [5, 5.41) is 7.56. The highest BCUT2D eigenvalue weighted by Crippen LogP contribution is 2.23. The third-order valence-electron chi connectivity index (χ3n) is 3.80. The summed E-state index contributed by atoms with van der Waals surface area (Å²) in [4.78, 5) is 12.3. The summed E-state index contributed by atoms with van der Waals surface area (Å²) in [6.07, 6.45) is 0. The lowest BCUT2D eigenvalue weighted by atomic mass is 10.2. The van der Waals surface area contributed by atoms with Gasteiger partial charge in [-0.15, -0.1) is 0 Å². The van der Waals surface area contributed by atoms with E-state index in [9.17, 15) is 4.79 Å². The van der Waals surface area contributed by atoms with Crippen molar-refractivity contribution in [3.63, 3.8) is 0 Å². The van der Waals surface area contributed by atoms with Gasteiger partial charge in [-0.3, -0.25) is 4.79 Å². The van der Waals surface area contributed by atoms with Gasteiger partial charge in [-0.05, 0) is 56.3 Å². The summed E-state index contributed by atoms with van der Waals surface area (Å²) in [6.45, 7) is 4.06. The first-order valence-corrected chi connectivity index (χ1v) is 8.60. The van der Waals surface area contributed by atoms with E-state index in [0.29, 0.717) is 33.7 Å². The number of halogens is 2. The van der Waals surface area contributed by atoms with Gasteiger partial charge in [0.05, 0.1) is 11.3 Å². The number of amides is 1. The van der Waals surface area contributed by atoms with Gasteiger partial charge in [-0.1, -0.05) is 28.4 Å². The van der Waals surface area contributed by atoms with Crippen LogP contribution in [0.4, 0.5) is 5.69 Å². The molecule has 3 rings (SSSR count). The predicted molar refractivity (Wildman–Crippen MR) is 101 cm³/mol. The van der Waals surface area contributed by atoms with Gasteiger partial charge in [-0.25, -0.2) is 0 Å². The first-order chi connectivity index (χ1) is 12.4. The Labute approximate surface area is 160 Å². The lowest BCUT2D eigenvalue weighted by Gasteiger charge is -2.08. The molecule has 0 saturated carbocycles. The summed E-state index contributed by atoms with van der Waals surface area (Å²) in [5.41, 5.74) is 2.75. The maximum absolute atomic E-state index is 12.3. The van der Waals surface area contributed by atoms with Crippen molar-refractivity contribution >= 4 is 34.8 Å². The summed E-state index contributed by atoms with van der Waals surface area (Å²) in [5.74, 6) is 1.12. The highest BCUT2D eigenvalue weighted by Gasteiger charge is 2.11. The molecule has 0 radical (unpaired) electrons. The first-order valence-electron chi connectivity index (χ1n) is 7.84. The SMILES string of the molecule is Cc1noc(C)c1COc1ccc(C(=O)Nc2cc(Cl)cc(Cl)c2)cc1. The van der Waals surface area contributed by atoms with E-state index < -0.39 is 0 Å². The van der Waals surface area contributed by atoms with E-state index in [0.717, 1.165) is 17.0 Å². The summed E-state index contributed by atoms with van der Waals surface area (Å²) >= 11 is 11.9. The smallest absolute Gasteiger partial charge is 0.255 e. The normalized spacial score (nSPS) is 10.6. The maximum Gasteiger partial charge on any atom is 0.255 e. The Kier molecular flexibility index (Phi) is 5.49. The van der Waals surface area contributed by atoms with E-state index in [-0.39, 0.29) is 5.91 Å². The monoisotopic (exact) mass is 390 g/mol. The Bertz CT molecular complexity index is 897. The van der Waals surface area contributed by atoms with Gasteiger partial charge in [0.1, 0.15) is 18.1 Å². The fourth-order valence-electron chi connectivity index (χ4n) is 2.40. The first kappa shape index (κ1) is 18.3. The Hall–Kier alpha value is -2.50. The third kappa shape index (κ3) is 4.36. The molecule has 0 atom stereocenters. The summed E-state index contributed by atoms with van der Waals surface area (Å²) in [6, 6.07) is 11.7. The minimum absolute atomic E-state index is 0.263. The van der Waals surface area contributed by atoms with E-state index >= 15 is 0 Å². The van der Waals surface area contributed by atoms with Crippen molar-refractivity contribution in [2.45, 2.75) is 20.5 Å². The second kappa shape index (κ2) is 7.81. The molecule has 0 unspecified atom stereocenters. The molecule has 0 fully saturated rings. The highest BCUT2D eigenvalue weighted by molar-refractivity contribution is 6.35. The Morgan fingerprint density at radius 2 is 1.77 bits per heavy atom.